The summed E-state index contributed by atoms with van der Waals surface area (Å²) in [4.78, 5) is 12.0. The van der Waals surface area contributed by atoms with Crippen molar-refractivity contribution in [3.63, 3.8) is 0 Å². The zero-order valence-electron chi connectivity index (χ0n) is 9.66. The van der Waals surface area contributed by atoms with Crippen LogP contribution in [0.15, 0.2) is 30.3 Å². The predicted molar refractivity (Wildman–Crippen MR) is 58.2 cm³/mol. The summed E-state index contributed by atoms with van der Waals surface area (Å²) in [5.41, 5.74) is 0.679. The van der Waals surface area contributed by atoms with Gasteiger partial charge in [0.25, 0.3) is 0 Å². The first kappa shape index (κ1) is 13.5. The maximum absolute atomic E-state index is 12.4. The minimum atomic E-state index is -4.82. The van der Waals surface area contributed by atoms with Crippen molar-refractivity contribution in [2.24, 2.45) is 0 Å². The van der Waals surface area contributed by atoms with Crippen LogP contribution in [-0.2, 0) is 11.3 Å². The van der Waals surface area contributed by atoms with Crippen LogP contribution in [0, 0.1) is 0 Å². The Kier molecular flexibility index (Phi) is 4.15. The lowest BCUT2D eigenvalue weighted by Gasteiger charge is -2.27. The Bertz CT molecular complexity index is 373. The van der Waals surface area contributed by atoms with Gasteiger partial charge >= 0.3 is 12.1 Å². The second-order valence-electron chi connectivity index (χ2n) is 4.01. The third-order valence-electron chi connectivity index (χ3n) is 2.32. The molecule has 0 saturated heterocycles. The van der Waals surface area contributed by atoms with Crippen LogP contribution < -0.4 is 0 Å². The number of hydrogen-bond acceptors (Lipinski definition) is 1. The molecule has 1 rings (SSSR count). The van der Waals surface area contributed by atoms with Gasteiger partial charge in [0.2, 0.25) is 0 Å². The maximum atomic E-state index is 12.4. The van der Waals surface area contributed by atoms with Gasteiger partial charge in [0.1, 0.15) is 0 Å². The van der Waals surface area contributed by atoms with Gasteiger partial charge in [-0.3, -0.25) is 4.79 Å². The van der Waals surface area contributed by atoms with Gasteiger partial charge in [0.05, 0.1) is 0 Å². The van der Waals surface area contributed by atoms with Gasteiger partial charge in [-0.05, 0) is 19.4 Å². The third-order valence-corrected chi connectivity index (χ3v) is 2.32. The summed E-state index contributed by atoms with van der Waals surface area (Å²) in [6, 6.07) is 8.12. The van der Waals surface area contributed by atoms with Crippen LogP contribution >= 0.6 is 0 Å². The lowest BCUT2D eigenvalue weighted by Crippen LogP contribution is -2.44. The molecule has 94 valence electrons. The average molecular weight is 245 g/mol. The van der Waals surface area contributed by atoms with E-state index >= 15 is 0 Å². The van der Waals surface area contributed by atoms with Crippen LogP contribution in [-0.4, -0.2) is 23.0 Å². The number of carbonyl (C=O) groups is 1. The number of carbonyl (C=O) groups excluding carboxylic acids is 1. The second kappa shape index (κ2) is 5.21. The molecule has 2 nitrogen and oxygen atoms in total. The van der Waals surface area contributed by atoms with E-state index in [2.05, 4.69) is 0 Å². The van der Waals surface area contributed by atoms with E-state index in [9.17, 15) is 18.0 Å². The van der Waals surface area contributed by atoms with Gasteiger partial charge < -0.3 is 4.90 Å². The van der Waals surface area contributed by atoms with Crippen molar-refractivity contribution >= 4 is 5.91 Å². The zero-order valence-corrected chi connectivity index (χ0v) is 9.66. The molecule has 1 aromatic rings. The van der Waals surface area contributed by atoms with Crippen molar-refractivity contribution in [2.75, 3.05) is 0 Å². The highest BCUT2D eigenvalue weighted by Crippen LogP contribution is 2.21. The number of amides is 1. The summed E-state index contributed by atoms with van der Waals surface area (Å²) in [6.07, 6.45) is -4.82. The molecular weight excluding hydrogens is 231 g/mol. The third kappa shape index (κ3) is 3.76. The fraction of sp³-hybridized carbons (Fsp3) is 0.417. The molecule has 0 saturated carbocycles. The van der Waals surface area contributed by atoms with Crippen LogP contribution in [0.2, 0.25) is 0 Å². The fourth-order valence-electron chi connectivity index (χ4n) is 1.43. The van der Waals surface area contributed by atoms with Gasteiger partial charge in [0.15, 0.2) is 0 Å². The first-order chi connectivity index (χ1) is 7.82. The average Bonchev–Trinajstić information content (AvgIpc) is 2.24. The van der Waals surface area contributed by atoms with Crippen molar-refractivity contribution < 1.29 is 18.0 Å². The first-order valence-corrected chi connectivity index (χ1v) is 5.24. The monoisotopic (exact) mass is 245 g/mol. The summed E-state index contributed by atoms with van der Waals surface area (Å²) in [5.74, 6) is -1.80. The van der Waals surface area contributed by atoms with E-state index < -0.39 is 18.1 Å². The molecule has 0 radical (unpaired) electrons. The van der Waals surface area contributed by atoms with E-state index in [1.807, 2.05) is 0 Å². The number of nitrogens with zero attached hydrogens (tertiary/aromatic N) is 1. The van der Waals surface area contributed by atoms with Gasteiger partial charge in [-0.15, -0.1) is 0 Å². The highest BCUT2D eigenvalue weighted by molar-refractivity contribution is 5.82. The number of alkyl halides is 3. The molecule has 0 fully saturated rings. The zero-order chi connectivity index (χ0) is 13.1. The fourth-order valence-corrected chi connectivity index (χ4v) is 1.43. The Morgan fingerprint density at radius 1 is 1.24 bits per heavy atom. The van der Waals surface area contributed by atoms with E-state index in [0.29, 0.717) is 5.56 Å². The number of halogens is 3. The first-order valence-electron chi connectivity index (χ1n) is 5.24. The van der Waals surface area contributed by atoms with Crippen LogP contribution in [0.3, 0.4) is 0 Å². The molecular formula is C12H14F3NO. The Hall–Kier alpha value is -1.52. The summed E-state index contributed by atoms with van der Waals surface area (Å²) < 4.78 is 37.1. The van der Waals surface area contributed by atoms with Crippen LogP contribution in [0.4, 0.5) is 13.2 Å². The molecule has 0 heterocycles. The molecule has 0 atom stereocenters. The van der Waals surface area contributed by atoms with Gasteiger partial charge in [-0.25, -0.2) is 0 Å². The van der Waals surface area contributed by atoms with Crippen molar-refractivity contribution in [3.05, 3.63) is 35.9 Å². The Labute approximate surface area is 98.0 Å². The molecule has 0 aliphatic heterocycles. The largest absolute Gasteiger partial charge is 0.471 e. The van der Waals surface area contributed by atoms with E-state index in [-0.39, 0.29) is 6.54 Å². The summed E-state index contributed by atoms with van der Waals surface area (Å²) >= 11 is 0. The van der Waals surface area contributed by atoms with Gasteiger partial charge in [0, 0.05) is 12.6 Å². The minimum absolute atomic E-state index is 0.0309. The summed E-state index contributed by atoms with van der Waals surface area (Å²) in [5, 5.41) is 0. The molecule has 5 heteroatoms. The molecule has 17 heavy (non-hydrogen) atoms. The summed E-state index contributed by atoms with van der Waals surface area (Å²) in [6.45, 7) is 3.09. The molecule has 0 N–H and O–H groups in total. The normalized spacial score (nSPS) is 11.6. The smallest absolute Gasteiger partial charge is 0.328 e. The second-order valence-corrected chi connectivity index (χ2v) is 4.01. The topological polar surface area (TPSA) is 20.3 Å². The van der Waals surface area contributed by atoms with Crippen molar-refractivity contribution in [3.8, 4) is 0 Å². The molecule has 1 aromatic carbocycles. The molecule has 0 spiro atoms. The Morgan fingerprint density at radius 2 is 1.76 bits per heavy atom. The van der Waals surface area contributed by atoms with Crippen molar-refractivity contribution in [1.82, 2.24) is 4.90 Å². The number of hydrogen-bond donors (Lipinski definition) is 0. The molecule has 1 amide bonds. The van der Waals surface area contributed by atoms with E-state index in [4.69, 9.17) is 0 Å². The number of rotatable bonds is 3. The molecule has 0 aromatic heterocycles. The number of benzene rings is 1. The molecule has 0 aliphatic rings. The van der Waals surface area contributed by atoms with Gasteiger partial charge in [-0.1, -0.05) is 30.3 Å². The quantitative estimate of drug-likeness (QED) is 0.801. The lowest BCUT2D eigenvalue weighted by molar-refractivity contribution is -0.188. The van der Waals surface area contributed by atoms with E-state index in [0.717, 1.165) is 4.90 Å². The van der Waals surface area contributed by atoms with E-state index in [1.165, 1.54) is 0 Å². The molecule has 0 bridgehead atoms. The minimum Gasteiger partial charge on any atom is -0.328 e. The van der Waals surface area contributed by atoms with Crippen LogP contribution in [0.25, 0.3) is 0 Å². The van der Waals surface area contributed by atoms with Gasteiger partial charge in [-0.2, -0.15) is 13.2 Å². The van der Waals surface area contributed by atoms with E-state index in [1.54, 1.807) is 44.2 Å². The SMILES string of the molecule is CC(C)N(Cc1ccccc1)C(=O)C(F)(F)F. The molecule has 0 aliphatic carbocycles. The highest BCUT2D eigenvalue weighted by atomic mass is 19.4. The Balaban J connectivity index is 2.85. The van der Waals surface area contributed by atoms with Crippen molar-refractivity contribution in [2.45, 2.75) is 32.6 Å². The van der Waals surface area contributed by atoms with Crippen LogP contribution in [0.5, 0.6) is 0 Å². The highest BCUT2D eigenvalue weighted by Gasteiger charge is 2.43. The predicted octanol–water partition coefficient (Wildman–Crippen LogP) is 2.99. The Morgan fingerprint density at radius 3 is 2.18 bits per heavy atom. The lowest BCUT2D eigenvalue weighted by atomic mass is 10.2. The van der Waals surface area contributed by atoms with Crippen LogP contribution in [0.1, 0.15) is 19.4 Å². The standard InChI is InChI=1S/C12H14F3NO/c1-9(2)16(11(17)12(13,14)15)8-10-6-4-3-5-7-10/h3-7,9H,8H2,1-2H3. The van der Waals surface area contributed by atoms with Crippen molar-refractivity contribution in [1.29, 1.82) is 0 Å². The summed E-state index contributed by atoms with van der Waals surface area (Å²) in [7, 11) is 0. The molecule has 0 unspecified atom stereocenters. The maximum Gasteiger partial charge on any atom is 0.471 e.